The zero-order valence-electron chi connectivity index (χ0n) is 13.7. The van der Waals surface area contributed by atoms with Crippen molar-refractivity contribution in [1.82, 2.24) is 0 Å². The molecule has 0 spiro atoms. The number of carbonyl (C=O) groups excluding carboxylic acids is 2. The van der Waals surface area contributed by atoms with Crippen molar-refractivity contribution in [3.05, 3.63) is 65.7 Å². The van der Waals surface area contributed by atoms with Crippen molar-refractivity contribution in [2.24, 2.45) is 0 Å². The summed E-state index contributed by atoms with van der Waals surface area (Å²) in [6.07, 6.45) is 0.771. The summed E-state index contributed by atoms with van der Waals surface area (Å²) in [6.45, 7) is 2.31. The Morgan fingerprint density at radius 2 is 1.45 bits per heavy atom. The summed E-state index contributed by atoms with van der Waals surface area (Å²) in [5.41, 5.74) is 0.797. The Morgan fingerprint density at radius 3 is 2.00 bits per heavy atom. The maximum atomic E-state index is 11.9. The fourth-order valence-electron chi connectivity index (χ4n) is 1.67. The molecule has 0 heterocycles. The van der Waals surface area contributed by atoms with Crippen LogP contribution >= 0.6 is 0 Å². The molecule has 5 heteroatoms. The summed E-state index contributed by atoms with van der Waals surface area (Å²) in [5, 5.41) is 0. The second kappa shape index (κ2) is 9.41. The van der Waals surface area contributed by atoms with Gasteiger partial charge in [-0.25, -0.2) is 9.59 Å². The van der Waals surface area contributed by atoms with E-state index in [1.165, 1.54) is 0 Å². The minimum Gasteiger partial charge on any atom is -1.00 e. The Balaban J connectivity index is 0.00000242. The fraction of sp³-hybridized carbons (Fsp3) is 0.176. The van der Waals surface area contributed by atoms with Crippen LogP contribution in [-0.4, -0.2) is 18.5 Å². The predicted octanol–water partition coefficient (Wildman–Crippen LogP) is 0.589. The van der Waals surface area contributed by atoms with Gasteiger partial charge in [0.1, 0.15) is 5.75 Å². The molecule has 0 N–H and O–H groups in total. The van der Waals surface area contributed by atoms with Gasteiger partial charge in [0.25, 0.3) is 0 Å². The van der Waals surface area contributed by atoms with E-state index >= 15 is 0 Å². The standard InChI is InChI=1S/C17H16O4.Na.H/c1-2-12-20-16(18)13-8-10-14(11-9-13)17(19)21-15-6-4-3-5-7-15;;/h3-11H,2,12H2,1H3;;/q;+1;-1. The van der Waals surface area contributed by atoms with E-state index in [1.54, 1.807) is 48.5 Å². The van der Waals surface area contributed by atoms with E-state index in [0.717, 1.165) is 6.42 Å². The van der Waals surface area contributed by atoms with Crippen LogP contribution in [0.2, 0.25) is 0 Å². The predicted molar refractivity (Wildman–Crippen MR) is 79.5 cm³/mol. The molecule has 0 bridgehead atoms. The van der Waals surface area contributed by atoms with Gasteiger partial charge in [-0.05, 0) is 42.8 Å². The largest absolute Gasteiger partial charge is 1.00 e. The molecule has 0 aliphatic heterocycles. The summed E-state index contributed by atoms with van der Waals surface area (Å²) in [5.74, 6) is -0.372. The van der Waals surface area contributed by atoms with E-state index in [4.69, 9.17) is 9.47 Å². The average Bonchev–Trinajstić information content (AvgIpc) is 2.53. The normalized spacial score (nSPS) is 9.50. The van der Waals surface area contributed by atoms with Crippen molar-refractivity contribution in [2.75, 3.05) is 6.61 Å². The van der Waals surface area contributed by atoms with Crippen molar-refractivity contribution in [2.45, 2.75) is 13.3 Å². The SMILES string of the molecule is CCCOC(=O)c1ccc(C(=O)Oc2ccccc2)cc1.[H-].[Na+]. The Bertz CT molecular complexity index is 614. The molecule has 0 saturated carbocycles. The number of hydrogen-bond acceptors (Lipinski definition) is 4. The summed E-state index contributed by atoms with van der Waals surface area (Å²) in [6, 6.07) is 15.0. The molecular weight excluding hydrogens is 291 g/mol. The van der Waals surface area contributed by atoms with Crippen molar-refractivity contribution in [3.8, 4) is 5.75 Å². The van der Waals surface area contributed by atoms with E-state index in [9.17, 15) is 9.59 Å². The third kappa shape index (κ3) is 5.30. The molecule has 2 aromatic rings. The van der Waals surface area contributed by atoms with Crippen molar-refractivity contribution < 1.29 is 50.0 Å². The van der Waals surface area contributed by atoms with E-state index in [2.05, 4.69) is 0 Å². The number of hydrogen-bond donors (Lipinski definition) is 0. The molecule has 0 aliphatic carbocycles. The van der Waals surface area contributed by atoms with E-state index in [0.29, 0.717) is 23.5 Å². The summed E-state index contributed by atoms with van der Waals surface area (Å²) >= 11 is 0. The van der Waals surface area contributed by atoms with Crippen LogP contribution in [0.15, 0.2) is 54.6 Å². The molecule has 2 rings (SSSR count). The minimum absolute atomic E-state index is 0. The molecule has 0 fully saturated rings. The molecule has 22 heavy (non-hydrogen) atoms. The smallest absolute Gasteiger partial charge is 1.00 e. The monoisotopic (exact) mass is 308 g/mol. The molecule has 0 saturated heterocycles. The molecule has 0 amide bonds. The maximum Gasteiger partial charge on any atom is 1.00 e. The first-order valence-corrected chi connectivity index (χ1v) is 6.75. The zero-order valence-corrected chi connectivity index (χ0v) is 14.7. The average molecular weight is 308 g/mol. The van der Waals surface area contributed by atoms with Crippen LogP contribution in [0.4, 0.5) is 0 Å². The number of benzene rings is 2. The van der Waals surface area contributed by atoms with Crippen LogP contribution in [0.1, 0.15) is 35.5 Å². The topological polar surface area (TPSA) is 52.6 Å². The summed E-state index contributed by atoms with van der Waals surface area (Å²) in [4.78, 5) is 23.6. The van der Waals surface area contributed by atoms with Crippen LogP contribution in [0, 0.1) is 0 Å². The first-order valence-electron chi connectivity index (χ1n) is 6.75. The van der Waals surface area contributed by atoms with Gasteiger partial charge in [0.2, 0.25) is 0 Å². The van der Waals surface area contributed by atoms with Gasteiger partial charge in [-0.15, -0.1) is 0 Å². The van der Waals surface area contributed by atoms with Crippen LogP contribution in [0.3, 0.4) is 0 Å². The molecular formula is C17H17NaO4. The van der Waals surface area contributed by atoms with Crippen LogP contribution in [-0.2, 0) is 4.74 Å². The fourth-order valence-corrected chi connectivity index (χ4v) is 1.67. The first-order chi connectivity index (χ1) is 10.2. The van der Waals surface area contributed by atoms with E-state index in [-0.39, 0.29) is 37.0 Å². The Labute approximate surface area is 153 Å². The van der Waals surface area contributed by atoms with Crippen molar-refractivity contribution >= 4 is 11.9 Å². The van der Waals surface area contributed by atoms with Crippen molar-refractivity contribution in [3.63, 3.8) is 0 Å². The number of para-hydroxylation sites is 1. The van der Waals surface area contributed by atoms with Gasteiger partial charge in [-0.2, -0.15) is 0 Å². The van der Waals surface area contributed by atoms with Gasteiger partial charge in [0.15, 0.2) is 0 Å². The molecule has 4 nitrogen and oxygen atoms in total. The minimum atomic E-state index is -0.463. The molecule has 0 aliphatic rings. The Kier molecular flexibility index (Phi) is 7.88. The number of ether oxygens (including phenoxy) is 2. The Hall–Kier alpha value is -1.62. The molecule has 0 radical (unpaired) electrons. The molecule has 110 valence electrons. The van der Waals surface area contributed by atoms with Gasteiger partial charge in [0.05, 0.1) is 17.7 Å². The van der Waals surface area contributed by atoms with E-state index < -0.39 is 5.97 Å². The maximum absolute atomic E-state index is 11.9. The first kappa shape index (κ1) is 18.4. The van der Waals surface area contributed by atoms with Crippen LogP contribution in [0.5, 0.6) is 5.75 Å². The summed E-state index contributed by atoms with van der Waals surface area (Å²) in [7, 11) is 0. The van der Waals surface area contributed by atoms with Gasteiger partial charge in [-0.3, -0.25) is 0 Å². The number of carbonyl (C=O) groups is 2. The summed E-state index contributed by atoms with van der Waals surface area (Å²) < 4.78 is 10.2. The van der Waals surface area contributed by atoms with Gasteiger partial charge >= 0.3 is 41.5 Å². The van der Waals surface area contributed by atoms with Crippen LogP contribution in [0.25, 0.3) is 0 Å². The third-order valence-corrected chi connectivity index (χ3v) is 2.75. The van der Waals surface area contributed by atoms with Gasteiger partial charge in [0, 0.05) is 0 Å². The quantitative estimate of drug-likeness (QED) is 0.461. The molecule has 0 atom stereocenters. The Morgan fingerprint density at radius 1 is 0.909 bits per heavy atom. The van der Waals surface area contributed by atoms with Crippen LogP contribution < -0.4 is 34.3 Å². The second-order valence-electron chi connectivity index (χ2n) is 4.42. The van der Waals surface area contributed by atoms with Crippen molar-refractivity contribution in [1.29, 1.82) is 0 Å². The second-order valence-corrected chi connectivity index (χ2v) is 4.42. The molecule has 0 aromatic heterocycles. The number of esters is 2. The third-order valence-electron chi connectivity index (χ3n) is 2.75. The van der Waals surface area contributed by atoms with Gasteiger partial charge < -0.3 is 10.9 Å². The number of rotatable bonds is 5. The molecule has 2 aromatic carbocycles. The molecule has 0 unspecified atom stereocenters. The van der Waals surface area contributed by atoms with E-state index in [1.807, 2.05) is 13.0 Å². The van der Waals surface area contributed by atoms with Gasteiger partial charge in [-0.1, -0.05) is 25.1 Å². The zero-order chi connectivity index (χ0) is 15.1.